The zero-order valence-electron chi connectivity index (χ0n) is 8.32. The number of carbonyl (C=O) groups excluding carboxylic acids is 2. The highest BCUT2D eigenvalue weighted by molar-refractivity contribution is 7.11. The predicted octanol–water partition coefficient (Wildman–Crippen LogP) is 0.671. The molecule has 1 aromatic rings. The van der Waals surface area contributed by atoms with Crippen molar-refractivity contribution in [1.82, 2.24) is 5.32 Å². The molecule has 0 saturated carbocycles. The third-order valence-corrected chi connectivity index (χ3v) is 2.71. The van der Waals surface area contributed by atoms with Gasteiger partial charge in [0.25, 0.3) is 0 Å². The van der Waals surface area contributed by atoms with Crippen molar-refractivity contribution >= 4 is 29.2 Å². The Morgan fingerprint density at radius 1 is 1.60 bits per heavy atom. The molecule has 0 unspecified atom stereocenters. The Morgan fingerprint density at radius 2 is 2.33 bits per heavy atom. The number of rotatable bonds is 4. The van der Waals surface area contributed by atoms with E-state index in [-0.39, 0.29) is 12.5 Å². The smallest absolute Gasteiger partial charge is 0.244 e. The van der Waals surface area contributed by atoms with Gasteiger partial charge in [-0.15, -0.1) is 11.3 Å². The molecule has 1 rings (SSSR count). The van der Waals surface area contributed by atoms with E-state index in [1.807, 2.05) is 18.4 Å². The maximum atomic E-state index is 11.2. The summed E-state index contributed by atoms with van der Waals surface area (Å²) in [6.07, 6.45) is 3.11. The highest BCUT2D eigenvalue weighted by atomic mass is 32.1. The summed E-state index contributed by atoms with van der Waals surface area (Å²) >= 11 is 1.56. The van der Waals surface area contributed by atoms with E-state index in [9.17, 15) is 9.59 Å². The van der Waals surface area contributed by atoms with Crippen LogP contribution in [-0.2, 0) is 9.59 Å². The molecule has 2 amide bonds. The third kappa shape index (κ3) is 3.95. The van der Waals surface area contributed by atoms with Crippen LogP contribution in [0.4, 0.5) is 0 Å². The van der Waals surface area contributed by atoms with Crippen LogP contribution >= 0.6 is 11.3 Å². The van der Waals surface area contributed by atoms with E-state index >= 15 is 0 Å². The summed E-state index contributed by atoms with van der Waals surface area (Å²) in [6, 6.07) is 1.98. The van der Waals surface area contributed by atoms with Crippen LogP contribution in [0.15, 0.2) is 17.5 Å². The lowest BCUT2D eigenvalue weighted by atomic mass is 10.3. The fourth-order valence-electron chi connectivity index (χ4n) is 0.940. The molecule has 80 valence electrons. The summed E-state index contributed by atoms with van der Waals surface area (Å²) in [7, 11) is 0. The van der Waals surface area contributed by atoms with Gasteiger partial charge < -0.3 is 11.1 Å². The number of carbonyl (C=O) groups is 2. The molecule has 0 aliphatic rings. The lowest BCUT2D eigenvalue weighted by Gasteiger charge is -1.96. The summed E-state index contributed by atoms with van der Waals surface area (Å²) in [5.41, 5.74) is 6.00. The predicted molar refractivity (Wildman–Crippen MR) is 60.3 cm³/mol. The van der Waals surface area contributed by atoms with Crippen molar-refractivity contribution < 1.29 is 9.59 Å². The molecule has 0 fully saturated rings. The Bertz CT molecular complexity index is 396. The molecule has 4 nitrogen and oxygen atoms in total. The van der Waals surface area contributed by atoms with Gasteiger partial charge in [0.1, 0.15) is 0 Å². The number of primary amides is 1. The standard InChI is InChI=1S/C10H12N2O2S/c1-7-4-5-15-8(7)2-3-10(14)12-6-9(11)13/h2-5H,6H2,1H3,(H2,11,13)(H,12,14). The first kappa shape index (κ1) is 11.5. The van der Waals surface area contributed by atoms with Gasteiger partial charge in [0, 0.05) is 11.0 Å². The van der Waals surface area contributed by atoms with E-state index < -0.39 is 5.91 Å². The van der Waals surface area contributed by atoms with Crippen LogP contribution < -0.4 is 11.1 Å². The van der Waals surface area contributed by atoms with Crippen LogP contribution in [-0.4, -0.2) is 18.4 Å². The second-order valence-electron chi connectivity index (χ2n) is 2.99. The van der Waals surface area contributed by atoms with E-state index in [4.69, 9.17) is 5.73 Å². The monoisotopic (exact) mass is 224 g/mol. The zero-order chi connectivity index (χ0) is 11.3. The number of aryl methyl sites for hydroxylation is 1. The van der Waals surface area contributed by atoms with Gasteiger partial charge in [0.15, 0.2) is 0 Å². The second-order valence-corrected chi connectivity index (χ2v) is 3.93. The molecule has 0 aliphatic carbocycles. The fraction of sp³-hybridized carbons (Fsp3) is 0.200. The molecule has 0 atom stereocenters. The van der Waals surface area contributed by atoms with Crippen LogP contribution in [0.3, 0.4) is 0 Å². The third-order valence-electron chi connectivity index (χ3n) is 1.72. The molecule has 0 bridgehead atoms. The van der Waals surface area contributed by atoms with Crippen molar-refractivity contribution in [2.45, 2.75) is 6.92 Å². The van der Waals surface area contributed by atoms with Crippen LogP contribution in [0.2, 0.25) is 0 Å². The zero-order valence-corrected chi connectivity index (χ0v) is 9.14. The van der Waals surface area contributed by atoms with Crippen LogP contribution in [0.25, 0.3) is 6.08 Å². The number of amides is 2. The summed E-state index contributed by atoms with van der Waals surface area (Å²) in [5.74, 6) is -0.870. The molecule has 0 spiro atoms. The first-order valence-electron chi connectivity index (χ1n) is 4.38. The normalized spacial score (nSPS) is 10.5. The SMILES string of the molecule is Cc1ccsc1C=CC(=O)NCC(N)=O. The van der Waals surface area contributed by atoms with Crippen molar-refractivity contribution in [2.24, 2.45) is 5.73 Å². The first-order chi connectivity index (χ1) is 7.09. The topological polar surface area (TPSA) is 72.2 Å². The molecule has 15 heavy (non-hydrogen) atoms. The highest BCUT2D eigenvalue weighted by Gasteiger charge is 1.99. The second kappa shape index (κ2) is 5.31. The minimum absolute atomic E-state index is 0.132. The molecule has 0 aromatic carbocycles. The van der Waals surface area contributed by atoms with E-state index in [1.165, 1.54) is 6.08 Å². The quantitative estimate of drug-likeness (QED) is 0.738. The lowest BCUT2D eigenvalue weighted by molar-refractivity contribution is -0.122. The molecular formula is C10H12N2O2S. The molecule has 1 aromatic heterocycles. The van der Waals surface area contributed by atoms with Gasteiger partial charge in [-0.1, -0.05) is 0 Å². The molecular weight excluding hydrogens is 212 g/mol. The summed E-state index contributed by atoms with van der Waals surface area (Å²) in [4.78, 5) is 22.6. The Balaban J connectivity index is 2.48. The van der Waals surface area contributed by atoms with E-state index in [0.717, 1.165) is 10.4 Å². The summed E-state index contributed by atoms with van der Waals surface area (Å²) in [5, 5.41) is 4.32. The van der Waals surface area contributed by atoms with Crippen LogP contribution in [0.5, 0.6) is 0 Å². The summed E-state index contributed by atoms with van der Waals surface area (Å²) < 4.78 is 0. The maximum Gasteiger partial charge on any atom is 0.244 e. The fourth-order valence-corrected chi connectivity index (χ4v) is 1.76. The average Bonchev–Trinajstić information content (AvgIpc) is 2.58. The average molecular weight is 224 g/mol. The molecule has 0 saturated heterocycles. The van der Waals surface area contributed by atoms with Crippen molar-refractivity contribution in [1.29, 1.82) is 0 Å². The largest absolute Gasteiger partial charge is 0.368 e. The van der Waals surface area contributed by atoms with Gasteiger partial charge in [0.2, 0.25) is 11.8 Å². The highest BCUT2D eigenvalue weighted by Crippen LogP contribution is 2.16. The van der Waals surface area contributed by atoms with E-state index in [1.54, 1.807) is 17.4 Å². The van der Waals surface area contributed by atoms with Crippen LogP contribution in [0.1, 0.15) is 10.4 Å². The maximum absolute atomic E-state index is 11.2. The molecule has 5 heteroatoms. The van der Waals surface area contributed by atoms with Crippen molar-refractivity contribution in [2.75, 3.05) is 6.54 Å². The molecule has 0 aliphatic heterocycles. The van der Waals surface area contributed by atoms with Crippen molar-refractivity contribution in [3.63, 3.8) is 0 Å². The Morgan fingerprint density at radius 3 is 2.87 bits per heavy atom. The van der Waals surface area contributed by atoms with Gasteiger partial charge in [-0.05, 0) is 30.0 Å². The minimum atomic E-state index is -0.552. The minimum Gasteiger partial charge on any atom is -0.368 e. The van der Waals surface area contributed by atoms with Crippen molar-refractivity contribution in [3.8, 4) is 0 Å². The van der Waals surface area contributed by atoms with Gasteiger partial charge in [-0.25, -0.2) is 0 Å². The van der Waals surface area contributed by atoms with E-state index in [2.05, 4.69) is 5.32 Å². The van der Waals surface area contributed by atoms with Gasteiger partial charge >= 0.3 is 0 Å². The Labute approximate surface area is 91.8 Å². The van der Waals surface area contributed by atoms with Crippen molar-refractivity contribution in [3.05, 3.63) is 28.0 Å². The Kier molecular flexibility index (Phi) is 4.05. The lowest BCUT2D eigenvalue weighted by Crippen LogP contribution is -2.32. The van der Waals surface area contributed by atoms with Gasteiger partial charge in [-0.2, -0.15) is 0 Å². The Hall–Kier alpha value is -1.62. The number of hydrogen-bond acceptors (Lipinski definition) is 3. The number of nitrogens with one attached hydrogen (secondary N) is 1. The van der Waals surface area contributed by atoms with Gasteiger partial charge in [0.05, 0.1) is 6.54 Å². The molecule has 3 N–H and O–H groups in total. The van der Waals surface area contributed by atoms with Gasteiger partial charge in [-0.3, -0.25) is 9.59 Å². The number of thiophene rings is 1. The first-order valence-corrected chi connectivity index (χ1v) is 5.26. The molecule has 1 heterocycles. The van der Waals surface area contributed by atoms with Crippen LogP contribution in [0, 0.1) is 6.92 Å². The number of hydrogen-bond donors (Lipinski definition) is 2. The molecule has 0 radical (unpaired) electrons. The number of nitrogens with two attached hydrogens (primary N) is 1. The summed E-state index contributed by atoms with van der Waals surface area (Å²) in [6.45, 7) is 1.84. The van der Waals surface area contributed by atoms with E-state index in [0.29, 0.717) is 0 Å².